The average Bonchev–Trinajstić information content (AvgIpc) is 3.08. The number of amides is 1. The van der Waals surface area contributed by atoms with Crippen LogP contribution in [0.3, 0.4) is 0 Å². The standard InChI is InChI=1S/C20H27N3O2S/c1-20(2,3)25-19(24)23-12-8-7-11-16(23)13-21-18-22-17(14-26-18)15-9-5-4-6-10-15/h4-6,9-10,14,16H,7-8,11-13H2,1-3H3,(H,21,22). The van der Waals surface area contributed by atoms with Gasteiger partial charge in [-0.3, -0.25) is 0 Å². The van der Waals surface area contributed by atoms with E-state index in [1.807, 2.05) is 43.9 Å². The first-order valence-electron chi connectivity index (χ1n) is 9.17. The number of carbonyl (C=O) groups excluding carboxylic acids is 1. The molecule has 1 fully saturated rings. The van der Waals surface area contributed by atoms with E-state index in [1.54, 1.807) is 11.3 Å². The van der Waals surface area contributed by atoms with Gasteiger partial charge in [-0.15, -0.1) is 11.3 Å². The zero-order valence-corrected chi connectivity index (χ0v) is 16.5. The topological polar surface area (TPSA) is 54.5 Å². The highest BCUT2D eigenvalue weighted by Gasteiger charge is 2.30. The van der Waals surface area contributed by atoms with Crippen molar-refractivity contribution in [1.29, 1.82) is 0 Å². The summed E-state index contributed by atoms with van der Waals surface area (Å²) in [4.78, 5) is 19.0. The van der Waals surface area contributed by atoms with Gasteiger partial charge in [0.05, 0.1) is 11.7 Å². The van der Waals surface area contributed by atoms with E-state index in [0.717, 1.165) is 42.2 Å². The van der Waals surface area contributed by atoms with Gasteiger partial charge in [-0.2, -0.15) is 0 Å². The molecule has 6 heteroatoms. The van der Waals surface area contributed by atoms with Crippen LogP contribution in [0.15, 0.2) is 35.7 Å². The van der Waals surface area contributed by atoms with Gasteiger partial charge in [0.2, 0.25) is 0 Å². The molecule has 1 amide bonds. The number of nitrogens with one attached hydrogen (secondary N) is 1. The molecule has 1 aromatic carbocycles. The van der Waals surface area contributed by atoms with Gasteiger partial charge in [0.1, 0.15) is 5.60 Å². The van der Waals surface area contributed by atoms with Crippen LogP contribution in [0.5, 0.6) is 0 Å². The first kappa shape index (κ1) is 18.7. The highest BCUT2D eigenvalue weighted by atomic mass is 32.1. The highest BCUT2D eigenvalue weighted by molar-refractivity contribution is 7.14. The zero-order valence-electron chi connectivity index (χ0n) is 15.7. The van der Waals surface area contributed by atoms with Crippen molar-refractivity contribution in [3.8, 4) is 11.3 Å². The lowest BCUT2D eigenvalue weighted by Gasteiger charge is -2.36. The molecule has 1 atom stereocenters. The maximum Gasteiger partial charge on any atom is 0.410 e. The molecule has 0 saturated carbocycles. The summed E-state index contributed by atoms with van der Waals surface area (Å²) < 4.78 is 5.57. The number of anilines is 1. The van der Waals surface area contributed by atoms with Gasteiger partial charge in [-0.1, -0.05) is 30.3 Å². The van der Waals surface area contributed by atoms with Crippen molar-refractivity contribution in [3.05, 3.63) is 35.7 Å². The predicted molar refractivity (Wildman–Crippen MR) is 107 cm³/mol. The summed E-state index contributed by atoms with van der Waals surface area (Å²) in [6.07, 6.45) is 2.95. The van der Waals surface area contributed by atoms with Crippen LogP contribution in [0.4, 0.5) is 9.93 Å². The molecule has 0 bridgehead atoms. The van der Waals surface area contributed by atoms with Crippen LogP contribution in [0.1, 0.15) is 40.0 Å². The second-order valence-corrected chi connectivity index (χ2v) is 8.47. The molecule has 3 rings (SSSR count). The Bertz CT molecular complexity index is 724. The molecule has 5 nitrogen and oxygen atoms in total. The quantitative estimate of drug-likeness (QED) is 0.818. The van der Waals surface area contributed by atoms with E-state index in [-0.39, 0.29) is 12.1 Å². The Morgan fingerprint density at radius 2 is 2.08 bits per heavy atom. The summed E-state index contributed by atoms with van der Waals surface area (Å²) in [7, 11) is 0. The van der Waals surface area contributed by atoms with Gasteiger partial charge in [0, 0.05) is 24.0 Å². The number of rotatable bonds is 4. The highest BCUT2D eigenvalue weighted by Crippen LogP contribution is 2.26. The van der Waals surface area contributed by atoms with E-state index in [9.17, 15) is 4.79 Å². The normalized spacial score (nSPS) is 17.8. The molecule has 26 heavy (non-hydrogen) atoms. The molecule has 0 radical (unpaired) electrons. The molecule has 1 aromatic heterocycles. The number of benzene rings is 1. The molecule has 140 valence electrons. The molecule has 0 spiro atoms. The van der Waals surface area contributed by atoms with Crippen molar-refractivity contribution < 1.29 is 9.53 Å². The van der Waals surface area contributed by atoms with Crippen LogP contribution in [0.2, 0.25) is 0 Å². The SMILES string of the molecule is CC(C)(C)OC(=O)N1CCCCC1CNc1nc(-c2ccccc2)cs1. The summed E-state index contributed by atoms with van der Waals surface area (Å²) in [5, 5.41) is 6.36. The number of hydrogen-bond donors (Lipinski definition) is 1. The van der Waals surface area contributed by atoms with Crippen LogP contribution >= 0.6 is 11.3 Å². The summed E-state index contributed by atoms with van der Waals surface area (Å²) in [6.45, 7) is 7.17. The molecule has 1 N–H and O–H groups in total. The molecule has 1 unspecified atom stereocenters. The lowest BCUT2D eigenvalue weighted by Crippen LogP contribution is -2.48. The smallest absolute Gasteiger partial charge is 0.410 e. The zero-order chi connectivity index (χ0) is 18.6. The van der Waals surface area contributed by atoms with Crippen molar-refractivity contribution in [2.75, 3.05) is 18.4 Å². The Balaban J connectivity index is 1.60. The first-order chi connectivity index (χ1) is 12.4. The lowest BCUT2D eigenvalue weighted by molar-refractivity contribution is 0.0114. The number of piperidine rings is 1. The number of nitrogens with zero attached hydrogens (tertiary/aromatic N) is 2. The van der Waals surface area contributed by atoms with Gasteiger partial charge in [0.15, 0.2) is 5.13 Å². The van der Waals surface area contributed by atoms with E-state index in [4.69, 9.17) is 4.74 Å². The third-order valence-electron chi connectivity index (χ3n) is 4.32. The van der Waals surface area contributed by atoms with Crippen LogP contribution in [-0.4, -0.2) is 40.7 Å². The number of ether oxygens (including phenoxy) is 1. The maximum atomic E-state index is 12.5. The molecular weight excluding hydrogens is 346 g/mol. The van der Waals surface area contributed by atoms with Gasteiger partial charge in [-0.05, 0) is 40.0 Å². The van der Waals surface area contributed by atoms with Crippen LogP contribution in [0.25, 0.3) is 11.3 Å². The van der Waals surface area contributed by atoms with Crippen LogP contribution < -0.4 is 5.32 Å². The monoisotopic (exact) mass is 373 g/mol. The van der Waals surface area contributed by atoms with E-state index >= 15 is 0 Å². The third kappa shape index (κ3) is 4.97. The Labute approximate surface area is 159 Å². The van der Waals surface area contributed by atoms with Gasteiger partial charge >= 0.3 is 6.09 Å². The molecular formula is C20H27N3O2S. The van der Waals surface area contributed by atoms with E-state index < -0.39 is 5.60 Å². The number of carbonyl (C=O) groups is 1. The molecule has 1 aliphatic rings. The lowest BCUT2D eigenvalue weighted by atomic mass is 10.0. The van der Waals surface area contributed by atoms with Crippen molar-refractivity contribution in [3.63, 3.8) is 0 Å². The average molecular weight is 374 g/mol. The molecule has 2 heterocycles. The summed E-state index contributed by atoms with van der Waals surface area (Å²) in [5.41, 5.74) is 1.63. The number of hydrogen-bond acceptors (Lipinski definition) is 5. The first-order valence-corrected chi connectivity index (χ1v) is 10.0. The Kier molecular flexibility index (Phi) is 5.81. The van der Waals surface area contributed by atoms with Crippen molar-refractivity contribution >= 4 is 22.6 Å². The van der Waals surface area contributed by atoms with Gasteiger partial charge in [0.25, 0.3) is 0 Å². The third-order valence-corrected chi connectivity index (χ3v) is 5.12. The maximum absolute atomic E-state index is 12.5. The summed E-state index contributed by atoms with van der Waals surface area (Å²) in [5.74, 6) is 0. The number of likely N-dealkylation sites (tertiary alicyclic amines) is 1. The summed E-state index contributed by atoms with van der Waals surface area (Å²) in [6, 6.07) is 10.3. The fourth-order valence-corrected chi connectivity index (χ4v) is 3.81. The van der Waals surface area contributed by atoms with E-state index in [0.29, 0.717) is 6.54 Å². The van der Waals surface area contributed by atoms with Gasteiger partial charge < -0.3 is 15.0 Å². The molecule has 0 aliphatic carbocycles. The number of thiazole rings is 1. The molecule has 1 aliphatic heterocycles. The second-order valence-electron chi connectivity index (χ2n) is 7.61. The Morgan fingerprint density at radius 3 is 2.81 bits per heavy atom. The van der Waals surface area contributed by atoms with Gasteiger partial charge in [-0.25, -0.2) is 9.78 Å². The minimum atomic E-state index is -0.466. The van der Waals surface area contributed by atoms with Crippen molar-refractivity contribution in [2.24, 2.45) is 0 Å². The van der Waals surface area contributed by atoms with Crippen LogP contribution in [0, 0.1) is 0 Å². The summed E-state index contributed by atoms with van der Waals surface area (Å²) >= 11 is 1.60. The van der Waals surface area contributed by atoms with E-state index in [2.05, 4.69) is 27.8 Å². The Hall–Kier alpha value is -2.08. The molecule has 2 aromatic rings. The Morgan fingerprint density at radius 1 is 1.31 bits per heavy atom. The fourth-order valence-electron chi connectivity index (χ4n) is 3.08. The fraction of sp³-hybridized carbons (Fsp3) is 0.500. The minimum absolute atomic E-state index is 0.141. The predicted octanol–water partition coefficient (Wildman–Crippen LogP) is 5.01. The van der Waals surface area contributed by atoms with E-state index in [1.165, 1.54) is 0 Å². The van der Waals surface area contributed by atoms with Crippen molar-refractivity contribution in [1.82, 2.24) is 9.88 Å². The number of aromatic nitrogens is 1. The minimum Gasteiger partial charge on any atom is -0.444 e. The molecule has 1 saturated heterocycles. The van der Waals surface area contributed by atoms with Crippen molar-refractivity contribution in [2.45, 2.75) is 51.7 Å². The second kappa shape index (κ2) is 8.08. The van der Waals surface area contributed by atoms with Crippen LogP contribution in [-0.2, 0) is 4.74 Å². The largest absolute Gasteiger partial charge is 0.444 e.